The molecule has 0 spiro atoms. The quantitative estimate of drug-likeness (QED) is 0.564. The lowest BCUT2D eigenvalue weighted by atomic mass is 10.0. The van der Waals surface area contributed by atoms with E-state index in [-0.39, 0.29) is 13.6 Å². The Labute approximate surface area is 149 Å². The summed E-state index contributed by atoms with van der Waals surface area (Å²) < 4.78 is 33.0. The number of methoxy groups -OCH3 is 3. The minimum atomic E-state index is 0.114. The van der Waals surface area contributed by atoms with Crippen molar-refractivity contribution < 1.29 is 28.1 Å². The van der Waals surface area contributed by atoms with Crippen molar-refractivity contribution in [3.8, 4) is 22.8 Å². The average molecular weight is 401 g/mol. The zero-order chi connectivity index (χ0) is 17.4. The third-order valence-electron chi connectivity index (χ3n) is 3.28. The number of hydrogen-bond acceptors (Lipinski definition) is 6. The van der Waals surface area contributed by atoms with Gasteiger partial charge in [-0.1, -0.05) is 0 Å². The van der Waals surface area contributed by atoms with Crippen molar-refractivity contribution in [1.29, 1.82) is 0 Å². The fourth-order valence-corrected chi connectivity index (χ4v) is 2.88. The van der Waals surface area contributed by atoms with E-state index in [0.29, 0.717) is 30.3 Å². The highest BCUT2D eigenvalue weighted by Gasteiger charge is 2.21. The first-order valence-electron chi connectivity index (χ1n) is 7.34. The van der Waals surface area contributed by atoms with Gasteiger partial charge in [0.15, 0.2) is 13.6 Å². The Morgan fingerprint density at radius 3 is 2.29 bits per heavy atom. The summed E-state index contributed by atoms with van der Waals surface area (Å²) in [7, 11) is 4.80. The molecule has 132 valence electrons. The van der Waals surface area contributed by atoms with Crippen LogP contribution in [0.25, 0.3) is 11.3 Å². The van der Waals surface area contributed by atoms with Gasteiger partial charge in [0.1, 0.15) is 17.3 Å². The zero-order valence-corrected chi connectivity index (χ0v) is 15.6. The van der Waals surface area contributed by atoms with Crippen LogP contribution >= 0.6 is 15.9 Å². The minimum absolute atomic E-state index is 0.114. The molecule has 0 saturated carbocycles. The van der Waals surface area contributed by atoms with Gasteiger partial charge in [0.25, 0.3) is 0 Å². The van der Waals surface area contributed by atoms with Crippen LogP contribution in [0.15, 0.2) is 33.4 Å². The molecule has 1 heterocycles. The highest BCUT2D eigenvalue weighted by Crippen LogP contribution is 2.43. The Bertz CT molecular complexity index is 627. The SMILES string of the molecule is COCCc1c(Br)c(OCOC)cc(OCOC)c1-c1ccco1. The molecule has 0 radical (unpaired) electrons. The van der Waals surface area contributed by atoms with Crippen LogP contribution in [0.5, 0.6) is 11.5 Å². The van der Waals surface area contributed by atoms with Crippen LogP contribution in [-0.4, -0.2) is 41.5 Å². The topological polar surface area (TPSA) is 59.3 Å². The van der Waals surface area contributed by atoms with E-state index in [9.17, 15) is 0 Å². The molecular formula is C17H21BrO6. The lowest BCUT2D eigenvalue weighted by molar-refractivity contribution is 0.0457. The molecule has 0 unspecified atom stereocenters. The molecule has 0 aliphatic carbocycles. The summed E-state index contributed by atoms with van der Waals surface area (Å²) in [4.78, 5) is 0. The molecule has 2 rings (SSSR count). The van der Waals surface area contributed by atoms with E-state index in [0.717, 1.165) is 15.6 Å². The van der Waals surface area contributed by atoms with Gasteiger partial charge in [0.2, 0.25) is 0 Å². The molecule has 6 nitrogen and oxygen atoms in total. The molecule has 24 heavy (non-hydrogen) atoms. The summed E-state index contributed by atoms with van der Waals surface area (Å²) in [6.45, 7) is 0.790. The summed E-state index contributed by atoms with van der Waals surface area (Å²) in [5, 5.41) is 0. The summed E-state index contributed by atoms with van der Waals surface area (Å²) in [6, 6.07) is 5.50. The largest absolute Gasteiger partial charge is 0.467 e. The van der Waals surface area contributed by atoms with Gasteiger partial charge in [0, 0.05) is 27.4 Å². The fraction of sp³-hybridized carbons (Fsp3) is 0.412. The number of ether oxygens (including phenoxy) is 5. The summed E-state index contributed by atoms with van der Waals surface area (Å²) >= 11 is 3.62. The molecule has 0 saturated heterocycles. The molecule has 0 aliphatic rings. The maximum atomic E-state index is 5.74. The molecule has 0 amide bonds. The second kappa shape index (κ2) is 9.68. The van der Waals surface area contributed by atoms with Gasteiger partial charge in [-0.2, -0.15) is 0 Å². The number of rotatable bonds is 10. The van der Waals surface area contributed by atoms with Gasteiger partial charge in [-0.25, -0.2) is 0 Å². The van der Waals surface area contributed by atoms with Crippen LogP contribution in [0, 0.1) is 0 Å². The summed E-state index contributed by atoms with van der Waals surface area (Å²) in [6.07, 6.45) is 2.28. The molecule has 7 heteroatoms. The van der Waals surface area contributed by atoms with Crippen molar-refractivity contribution in [3.63, 3.8) is 0 Å². The Morgan fingerprint density at radius 1 is 1.00 bits per heavy atom. The van der Waals surface area contributed by atoms with Gasteiger partial charge < -0.3 is 28.1 Å². The predicted molar refractivity (Wildman–Crippen MR) is 92.4 cm³/mol. The maximum Gasteiger partial charge on any atom is 0.188 e. The molecule has 1 aromatic carbocycles. The molecule has 0 fully saturated rings. The van der Waals surface area contributed by atoms with Gasteiger partial charge in [-0.05, 0) is 40.0 Å². The van der Waals surface area contributed by atoms with Crippen LogP contribution < -0.4 is 9.47 Å². The highest BCUT2D eigenvalue weighted by atomic mass is 79.9. The van der Waals surface area contributed by atoms with Crippen molar-refractivity contribution in [3.05, 3.63) is 34.5 Å². The Hall–Kier alpha value is -1.54. The van der Waals surface area contributed by atoms with Crippen molar-refractivity contribution in [2.24, 2.45) is 0 Å². The van der Waals surface area contributed by atoms with Crippen molar-refractivity contribution >= 4 is 15.9 Å². The summed E-state index contributed by atoms with van der Waals surface area (Å²) in [5.74, 6) is 1.92. The monoisotopic (exact) mass is 400 g/mol. The number of hydrogen-bond donors (Lipinski definition) is 0. The number of furan rings is 1. The van der Waals surface area contributed by atoms with E-state index in [2.05, 4.69) is 15.9 Å². The van der Waals surface area contributed by atoms with Crippen LogP contribution in [-0.2, 0) is 20.6 Å². The Balaban J connectivity index is 2.55. The minimum Gasteiger partial charge on any atom is -0.467 e. The third-order valence-corrected chi connectivity index (χ3v) is 4.15. The van der Waals surface area contributed by atoms with E-state index in [4.69, 9.17) is 28.1 Å². The van der Waals surface area contributed by atoms with Crippen molar-refractivity contribution in [2.45, 2.75) is 6.42 Å². The average Bonchev–Trinajstić information content (AvgIpc) is 3.12. The predicted octanol–water partition coefficient (Wildman–Crippen LogP) is 3.86. The Morgan fingerprint density at radius 2 is 1.71 bits per heavy atom. The van der Waals surface area contributed by atoms with Crippen LogP contribution in [0.4, 0.5) is 0 Å². The first-order valence-corrected chi connectivity index (χ1v) is 8.13. The van der Waals surface area contributed by atoms with Crippen LogP contribution in [0.2, 0.25) is 0 Å². The van der Waals surface area contributed by atoms with Crippen molar-refractivity contribution in [1.82, 2.24) is 0 Å². The molecule has 2 aromatic rings. The zero-order valence-electron chi connectivity index (χ0n) is 14.0. The summed E-state index contributed by atoms with van der Waals surface area (Å²) in [5.41, 5.74) is 1.80. The normalized spacial score (nSPS) is 10.8. The first-order chi connectivity index (χ1) is 11.7. The molecule has 0 N–H and O–H groups in total. The molecular weight excluding hydrogens is 380 g/mol. The smallest absolute Gasteiger partial charge is 0.188 e. The van der Waals surface area contributed by atoms with E-state index in [1.54, 1.807) is 33.7 Å². The van der Waals surface area contributed by atoms with Crippen LogP contribution in [0.1, 0.15) is 5.56 Å². The Kier molecular flexibility index (Phi) is 7.58. The van der Waals surface area contributed by atoms with Gasteiger partial charge in [-0.15, -0.1) is 0 Å². The first kappa shape index (κ1) is 18.8. The maximum absolute atomic E-state index is 5.74. The molecule has 0 atom stereocenters. The third kappa shape index (κ3) is 4.51. The van der Waals surface area contributed by atoms with Gasteiger partial charge >= 0.3 is 0 Å². The van der Waals surface area contributed by atoms with Crippen LogP contribution in [0.3, 0.4) is 0 Å². The van der Waals surface area contributed by atoms with Gasteiger partial charge in [-0.3, -0.25) is 0 Å². The van der Waals surface area contributed by atoms with Gasteiger partial charge in [0.05, 0.1) is 22.9 Å². The lowest BCUT2D eigenvalue weighted by Crippen LogP contribution is -2.07. The molecule has 0 aliphatic heterocycles. The standard InChI is InChI=1S/C17H21BrO6/c1-19-8-6-12-16(13-5-4-7-22-13)14(23-10-20-2)9-15(17(12)18)24-11-21-3/h4-5,7,9H,6,8,10-11H2,1-3H3. The van der Waals surface area contributed by atoms with E-state index < -0.39 is 0 Å². The molecule has 0 bridgehead atoms. The van der Waals surface area contributed by atoms with E-state index in [1.807, 2.05) is 12.1 Å². The second-order valence-corrected chi connectivity index (χ2v) is 5.66. The number of halogens is 1. The van der Waals surface area contributed by atoms with E-state index in [1.165, 1.54) is 0 Å². The van der Waals surface area contributed by atoms with Crippen molar-refractivity contribution in [2.75, 3.05) is 41.5 Å². The lowest BCUT2D eigenvalue weighted by Gasteiger charge is -2.19. The molecule has 1 aromatic heterocycles. The fourth-order valence-electron chi connectivity index (χ4n) is 2.26. The van der Waals surface area contributed by atoms with E-state index >= 15 is 0 Å². The second-order valence-electron chi connectivity index (χ2n) is 4.86. The highest BCUT2D eigenvalue weighted by molar-refractivity contribution is 9.10. The number of benzene rings is 1.